The zero-order valence-electron chi connectivity index (χ0n) is 12.5. The number of aliphatic hydroxyl groups is 1. The molecule has 4 nitrogen and oxygen atoms in total. The molecule has 0 aromatic carbocycles. The van der Waals surface area contributed by atoms with Crippen LogP contribution in [0.4, 0.5) is 0 Å². The van der Waals surface area contributed by atoms with E-state index in [2.05, 4.69) is 12.0 Å². The molecule has 0 radical (unpaired) electrons. The molecule has 1 aromatic heterocycles. The van der Waals surface area contributed by atoms with E-state index in [9.17, 15) is 5.11 Å². The van der Waals surface area contributed by atoms with Gasteiger partial charge in [-0.05, 0) is 25.2 Å². The van der Waals surface area contributed by atoms with Crippen molar-refractivity contribution in [2.45, 2.75) is 52.1 Å². The summed E-state index contributed by atoms with van der Waals surface area (Å²) >= 11 is 0. The van der Waals surface area contributed by atoms with Crippen LogP contribution in [0.15, 0.2) is 0 Å². The summed E-state index contributed by atoms with van der Waals surface area (Å²) in [6.07, 6.45) is 5.55. The van der Waals surface area contributed by atoms with Crippen LogP contribution in [0.25, 0.3) is 0 Å². The van der Waals surface area contributed by atoms with Crippen LogP contribution >= 0.6 is 0 Å². The second kappa shape index (κ2) is 5.95. The Morgan fingerprint density at radius 2 is 2.11 bits per heavy atom. The minimum Gasteiger partial charge on any atom is -0.481 e. The number of methoxy groups -OCH3 is 1. The first-order valence-corrected chi connectivity index (χ1v) is 7.35. The summed E-state index contributed by atoms with van der Waals surface area (Å²) in [6, 6.07) is 0. The molecule has 0 spiro atoms. The molecule has 19 heavy (non-hydrogen) atoms. The van der Waals surface area contributed by atoms with Gasteiger partial charge in [0.25, 0.3) is 0 Å². The number of hydrogen-bond acceptors (Lipinski definition) is 3. The van der Waals surface area contributed by atoms with Crippen molar-refractivity contribution in [2.75, 3.05) is 7.11 Å². The first kappa shape index (κ1) is 14.4. The fourth-order valence-electron chi connectivity index (χ4n) is 3.61. The van der Waals surface area contributed by atoms with Crippen molar-refractivity contribution in [2.24, 2.45) is 18.9 Å². The summed E-state index contributed by atoms with van der Waals surface area (Å²) in [6.45, 7) is 4.17. The second-order valence-corrected chi connectivity index (χ2v) is 5.69. The summed E-state index contributed by atoms with van der Waals surface area (Å²) in [7, 11) is 3.51. The number of nitrogens with zero attached hydrogens (tertiary/aromatic N) is 2. The summed E-state index contributed by atoms with van der Waals surface area (Å²) in [5.74, 6) is 1.66. The Labute approximate surface area is 115 Å². The zero-order valence-corrected chi connectivity index (χ0v) is 12.5. The van der Waals surface area contributed by atoms with E-state index < -0.39 is 6.10 Å². The van der Waals surface area contributed by atoms with Gasteiger partial charge < -0.3 is 9.84 Å². The van der Waals surface area contributed by atoms with Crippen molar-refractivity contribution in [3.63, 3.8) is 0 Å². The standard InChI is InChI=1S/C15H26N2O2/c1-5-11-8-6-7-9-12(11)14(18)13-10(2)16-17(3)15(13)19-4/h11-12,14,18H,5-9H2,1-4H3. The third-order valence-corrected chi connectivity index (χ3v) is 4.60. The Morgan fingerprint density at radius 1 is 1.42 bits per heavy atom. The molecule has 1 aliphatic rings. The maximum absolute atomic E-state index is 10.8. The highest BCUT2D eigenvalue weighted by Crippen LogP contribution is 2.43. The van der Waals surface area contributed by atoms with Gasteiger partial charge in [-0.1, -0.05) is 32.6 Å². The molecule has 108 valence electrons. The fourth-order valence-corrected chi connectivity index (χ4v) is 3.61. The number of rotatable bonds is 4. The minimum absolute atomic E-state index is 0.343. The number of aryl methyl sites for hydroxylation is 2. The van der Waals surface area contributed by atoms with Gasteiger partial charge in [0.15, 0.2) is 0 Å². The predicted octanol–water partition coefficient (Wildman–Crippen LogP) is 2.99. The lowest BCUT2D eigenvalue weighted by atomic mass is 9.73. The van der Waals surface area contributed by atoms with Gasteiger partial charge in [0, 0.05) is 7.05 Å². The van der Waals surface area contributed by atoms with Crippen molar-refractivity contribution < 1.29 is 9.84 Å². The molecule has 1 saturated carbocycles. The summed E-state index contributed by atoms with van der Waals surface area (Å²) in [5.41, 5.74) is 1.77. The lowest BCUT2D eigenvalue weighted by Crippen LogP contribution is -2.25. The topological polar surface area (TPSA) is 47.3 Å². The number of aromatic nitrogens is 2. The Hall–Kier alpha value is -1.03. The van der Waals surface area contributed by atoms with Gasteiger partial charge in [-0.3, -0.25) is 0 Å². The molecule has 1 aromatic rings. The Morgan fingerprint density at radius 3 is 2.74 bits per heavy atom. The normalized spacial score (nSPS) is 25.3. The molecule has 2 rings (SSSR count). The molecule has 1 N–H and O–H groups in total. The van der Waals surface area contributed by atoms with Gasteiger partial charge in [0.05, 0.1) is 24.5 Å². The highest BCUT2D eigenvalue weighted by molar-refractivity contribution is 5.33. The van der Waals surface area contributed by atoms with Gasteiger partial charge in [0.2, 0.25) is 5.88 Å². The van der Waals surface area contributed by atoms with Crippen LogP contribution in [0.1, 0.15) is 56.4 Å². The second-order valence-electron chi connectivity index (χ2n) is 5.69. The van der Waals surface area contributed by atoms with Crippen molar-refractivity contribution in [3.8, 4) is 5.88 Å². The Bertz CT molecular complexity index is 428. The van der Waals surface area contributed by atoms with Crippen molar-refractivity contribution >= 4 is 0 Å². The summed E-state index contributed by atoms with van der Waals surface area (Å²) < 4.78 is 7.14. The van der Waals surface area contributed by atoms with Crippen molar-refractivity contribution in [3.05, 3.63) is 11.3 Å². The molecule has 0 aliphatic heterocycles. The maximum atomic E-state index is 10.8. The largest absolute Gasteiger partial charge is 0.481 e. The van der Waals surface area contributed by atoms with Gasteiger partial charge in [-0.25, -0.2) is 4.68 Å². The molecule has 0 saturated heterocycles. The van der Waals surface area contributed by atoms with Crippen LogP contribution in [-0.4, -0.2) is 22.0 Å². The van der Waals surface area contributed by atoms with E-state index in [-0.39, 0.29) is 0 Å². The van der Waals surface area contributed by atoms with E-state index in [1.807, 2.05) is 14.0 Å². The SMILES string of the molecule is CCC1CCCCC1C(O)c1c(C)nn(C)c1OC. The van der Waals surface area contributed by atoms with Crippen molar-refractivity contribution in [1.82, 2.24) is 9.78 Å². The minimum atomic E-state index is -0.450. The highest BCUT2D eigenvalue weighted by Gasteiger charge is 2.34. The van der Waals surface area contributed by atoms with E-state index in [0.717, 1.165) is 24.1 Å². The molecule has 4 heteroatoms. The molecule has 0 bridgehead atoms. The van der Waals surface area contributed by atoms with Gasteiger partial charge >= 0.3 is 0 Å². The summed E-state index contributed by atoms with van der Waals surface area (Å²) in [5, 5.41) is 15.2. The lowest BCUT2D eigenvalue weighted by Gasteiger charge is -2.34. The van der Waals surface area contributed by atoms with Gasteiger partial charge in [-0.2, -0.15) is 5.10 Å². The lowest BCUT2D eigenvalue weighted by molar-refractivity contribution is 0.0429. The molecular weight excluding hydrogens is 240 g/mol. The van der Waals surface area contributed by atoms with Gasteiger partial charge in [-0.15, -0.1) is 0 Å². The Balaban J connectivity index is 2.29. The van der Waals surface area contributed by atoms with E-state index in [0.29, 0.717) is 17.7 Å². The molecule has 1 fully saturated rings. The summed E-state index contributed by atoms with van der Waals surface area (Å²) in [4.78, 5) is 0. The molecule has 1 heterocycles. The molecule has 1 aliphatic carbocycles. The first-order valence-electron chi connectivity index (χ1n) is 7.35. The van der Waals surface area contributed by atoms with E-state index in [4.69, 9.17) is 4.74 Å². The zero-order chi connectivity index (χ0) is 14.0. The van der Waals surface area contributed by atoms with Crippen LogP contribution in [0.5, 0.6) is 5.88 Å². The smallest absolute Gasteiger partial charge is 0.217 e. The Kier molecular flexibility index (Phi) is 4.50. The van der Waals surface area contributed by atoms with E-state index in [1.165, 1.54) is 19.3 Å². The predicted molar refractivity (Wildman–Crippen MR) is 75.2 cm³/mol. The third kappa shape index (κ3) is 2.64. The average molecular weight is 266 g/mol. The first-order chi connectivity index (χ1) is 9.10. The fraction of sp³-hybridized carbons (Fsp3) is 0.800. The molecule has 3 unspecified atom stereocenters. The highest BCUT2D eigenvalue weighted by atomic mass is 16.5. The third-order valence-electron chi connectivity index (χ3n) is 4.60. The average Bonchev–Trinajstić information content (AvgIpc) is 2.71. The number of aliphatic hydroxyl groups excluding tert-OH is 1. The maximum Gasteiger partial charge on any atom is 0.217 e. The monoisotopic (exact) mass is 266 g/mol. The number of hydrogen-bond donors (Lipinski definition) is 1. The van der Waals surface area contributed by atoms with Crippen LogP contribution in [0.2, 0.25) is 0 Å². The number of ether oxygens (including phenoxy) is 1. The van der Waals surface area contributed by atoms with Crippen molar-refractivity contribution in [1.29, 1.82) is 0 Å². The van der Waals surface area contributed by atoms with Crippen LogP contribution < -0.4 is 4.74 Å². The molecular formula is C15H26N2O2. The quantitative estimate of drug-likeness (QED) is 0.911. The molecule has 0 amide bonds. The van der Waals surface area contributed by atoms with Crippen LogP contribution in [-0.2, 0) is 7.05 Å². The van der Waals surface area contributed by atoms with E-state index in [1.54, 1.807) is 11.8 Å². The van der Waals surface area contributed by atoms with Crippen LogP contribution in [0.3, 0.4) is 0 Å². The van der Waals surface area contributed by atoms with E-state index >= 15 is 0 Å². The molecule has 3 atom stereocenters. The van der Waals surface area contributed by atoms with Crippen LogP contribution in [0, 0.1) is 18.8 Å². The van der Waals surface area contributed by atoms with Gasteiger partial charge in [0.1, 0.15) is 0 Å².